The highest BCUT2D eigenvalue weighted by atomic mass is 16.6. The summed E-state index contributed by atoms with van der Waals surface area (Å²) in [6, 6.07) is 5.66. The molecule has 25 heavy (non-hydrogen) atoms. The van der Waals surface area contributed by atoms with Crippen molar-refractivity contribution in [2.45, 2.75) is 33.2 Å². The number of carboxylic acid groups (broad SMARTS) is 1. The number of aromatic carboxylic acids is 1. The van der Waals surface area contributed by atoms with E-state index >= 15 is 0 Å². The van der Waals surface area contributed by atoms with Gasteiger partial charge in [-0.05, 0) is 25.0 Å². The van der Waals surface area contributed by atoms with E-state index in [1.165, 1.54) is 25.1 Å². The first-order chi connectivity index (χ1) is 11.7. The summed E-state index contributed by atoms with van der Waals surface area (Å²) >= 11 is 0. The van der Waals surface area contributed by atoms with Gasteiger partial charge in [-0.3, -0.25) is 14.9 Å². The van der Waals surface area contributed by atoms with Crippen molar-refractivity contribution < 1.29 is 24.0 Å². The zero-order valence-corrected chi connectivity index (χ0v) is 14.0. The fourth-order valence-electron chi connectivity index (χ4n) is 2.44. The van der Waals surface area contributed by atoms with Crippen LogP contribution in [0.1, 0.15) is 57.6 Å². The second kappa shape index (κ2) is 7.16. The number of carbonyl (C=O) groups is 2. The number of nitrogens with zero attached hydrogens (tertiary/aromatic N) is 1. The Morgan fingerprint density at radius 1 is 1.32 bits per heavy atom. The van der Waals surface area contributed by atoms with Crippen molar-refractivity contribution in [2.75, 3.05) is 0 Å². The van der Waals surface area contributed by atoms with Crippen molar-refractivity contribution in [2.24, 2.45) is 0 Å². The van der Waals surface area contributed by atoms with Crippen LogP contribution in [0.5, 0.6) is 0 Å². The first kappa shape index (κ1) is 18.2. The Morgan fingerprint density at radius 2 is 2.00 bits per heavy atom. The zero-order valence-electron chi connectivity index (χ0n) is 14.0. The second-order valence-corrected chi connectivity index (χ2v) is 5.86. The molecule has 0 aliphatic heterocycles. The van der Waals surface area contributed by atoms with E-state index in [-0.39, 0.29) is 40.8 Å². The molecule has 0 fully saturated rings. The molecule has 0 spiro atoms. The van der Waals surface area contributed by atoms with Crippen molar-refractivity contribution in [1.29, 1.82) is 0 Å². The lowest BCUT2D eigenvalue weighted by molar-refractivity contribution is -0.385. The molecule has 1 aromatic heterocycles. The van der Waals surface area contributed by atoms with E-state index in [9.17, 15) is 19.7 Å². The Hall–Kier alpha value is -3.16. The minimum absolute atomic E-state index is 0.0211. The molecule has 132 valence electrons. The lowest BCUT2D eigenvalue weighted by atomic mass is 9.99. The number of furan rings is 1. The second-order valence-electron chi connectivity index (χ2n) is 5.86. The number of carbonyl (C=O) groups excluding carboxylic acids is 1. The van der Waals surface area contributed by atoms with Crippen LogP contribution < -0.4 is 5.32 Å². The fourth-order valence-corrected chi connectivity index (χ4v) is 2.44. The monoisotopic (exact) mass is 346 g/mol. The zero-order chi connectivity index (χ0) is 18.7. The molecule has 8 nitrogen and oxygen atoms in total. The molecule has 2 N–H and O–H groups in total. The molecule has 0 saturated carbocycles. The Morgan fingerprint density at radius 3 is 2.52 bits per heavy atom. The number of hydrogen-bond donors (Lipinski definition) is 2. The van der Waals surface area contributed by atoms with Crippen LogP contribution >= 0.6 is 0 Å². The average molecular weight is 346 g/mol. The van der Waals surface area contributed by atoms with Crippen LogP contribution in [0.25, 0.3) is 0 Å². The summed E-state index contributed by atoms with van der Waals surface area (Å²) < 4.78 is 5.27. The standard InChI is InChI=1S/C17H18N2O6/c1-9(2)13-5-4-11(6-15(13)19(23)24)16(20)18-8-12-7-14(17(21)22)10(3)25-12/h4-7,9H,8H2,1-3H3,(H,18,20)(H,21,22). The van der Waals surface area contributed by atoms with Crippen LogP contribution in [0.3, 0.4) is 0 Å². The minimum atomic E-state index is -1.11. The van der Waals surface area contributed by atoms with Crippen LogP contribution in [0, 0.1) is 17.0 Å². The predicted octanol–water partition coefficient (Wildman–Crippen LogP) is 3.25. The maximum atomic E-state index is 12.2. The number of aryl methyl sites for hydroxylation is 1. The molecule has 0 radical (unpaired) electrons. The van der Waals surface area contributed by atoms with Gasteiger partial charge in [0.1, 0.15) is 17.1 Å². The SMILES string of the molecule is Cc1oc(CNC(=O)c2ccc(C(C)C)c([N+](=O)[O-])c2)cc1C(=O)O. The van der Waals surface area contributed by atoms with Gasteiger partial charge in [0, 0.05) is 17.2 Å². The molecule has 2 aromatic rings. The van der Waals surface area contributed by atoms with Crippen LogP contribution in [0.4, 0.5) is 5.69 Å². The van der Waals surface area contributed by atoms with Gasteiger partial charge < -0.3 is 14.8 Å². The third-order valence-electron chi connectivity index (χ3n) is 3.73. The number of nitrogens with one attached hydrogen (secondary N) is 1. The number of hydrogen-bond acceptors (Lipinski definition) is 5. The van der Waals surface area contributed by atoms with Gasteiger partial charge in [-0.15, -0.1) is 0 Å². The van der Waals surface area contributed by atoms with Crippen LogP contribution in [-0.2, 0) is 6.54 Å². The van der Waals surface area contributed by atoms with Gasteiger partial charge in [0.05, 0.1) is 11.5 Å². The average Bonchev–Trinajstić information content (AvgIpc) is 2.93. The summed E-state index contributed by atoms with van der Waals surface area (Å²) in [7, 11) is 0. The predicted molar refractivity (Wildman–Crippen MR) is 88.8 cm³/mol. The van der Waals surface area contributed by atoms with Gasteiger partial charge in [-0.25, -0.2) is 4.79 Å². The maximum absolute atomic E-state index is 12.2. The molecule has 2 rings (SSSR count). The molecular weight excluding hydrogens is 328 g/mol. The van der Waals surface area contributed by atoms with Crippen molar-refractivity contribution in [1.82, 2.24) is 5.32 Å². The van der Waals surface area contributed by atoms with Gasteiger partial charge in [0.25, 0.3) is 11.6 Å². The highest BCUT2D eigenvalue weighted by Gasteiger charge is 2.20. The molecule has 8 heteroatoms. The Balaban J connectivity index is 2.16. The molecule has 1 amide bonds. The number of rotatable bonds is 6. The van der Waals surface area contributed by atoms with Crippen LogP contribution in [0.15, 0.2) is 28.7 Å². The highest BCUT2D eigenvalue weighted by molar-refractivity contribution is 5.95. The molecule has 0 saturated heterocycles. The lowest BCUT2D eigenvalue weighted by Gasteiger charge is -2.08. The Bertz CT molecular complexity index is 838. The van der Waals surface area contributed by atoms with Gasteiger partial charge in [-0.2, -0.15) is 0 Å². The normalized spacial score (nSPS) is 10.7. The minimum Gasteiger partial charge on any atom is -0.478 e. The Labute approximate surface area is 143 Å². The summed E-state index contributed by atoms with van der Waals surface area (Å²) in [4.78, 5) is 33.9. The van der Waals surface area contributed by atoms with E-state index in [0.717, 1.165) is 0 Å². The third-order valence-corrected chi connectivity index (χ3v) is 3.73. The quantitative estimate of drug-likeness (QED) is 0.611. The van der Waals surface area contributed by atoms with E-state index in [0.29, 0.717) is 5.56 Å². The van der Waals surface area contributed by atoms with Gasteiger partial charge in [0.2, 0.25) is 0 Å². The van der Waals surface area contributed by atoms with Crippen molar-refractivity contribution >= 4 is 17.6 Å². The molecule has 1 aromatic carbocycles. The molecule has 0 aliphatic carbocycles. The van der Waals surface area contributed by atoms with Crippen LogP contribution in [-0.4, -0.2) is 21.9 Å². The van der Waals surface area contributed by atoms with E-state index in [1.807, 2.05) is 13.8 Å². The summed E-state index contributed by atoms with van der Waals surface area (Å²) in [6.07, 6.45) is 0. The van der Waals surface area contributed by atoms with Crippen molar-refractivity contribution in [3.05, 3.63) is 62.6 Å². The summed E-state index contributed by atoms with van der Waals surface area (Å²) in [6.45, 7) is 5.16. The number of nitro groups is 1. The fraction of sp³-hybridized carbons (Fsp3) is 0.294. The largest absolute Gasteiger partial charge is 0.478 e. The number of carboxylic acids is 1. The summed E-state index contributed by atoms with van der Waals surface area (Å²) in [5.74, 6) is -1.13. The number of nitro benzene ring substituents is 1. The smallest absolute Gasteiger partial charge is 0.339 e. The third kappa shape index (κ3) is 4.03. The number of amides is 1. The topological polar surface area (TPSA) is 123 Å². The van der Waals surface area contributed by atoms with Crippen molar-refractivity contribution in [3.8, 4) is 0 Å². The molecule has 0 atom stereocenters. The summed E-state index contributed by atoms with van der Waals surface area (Å²) in [5.41, 5.74) is 0.623. The van der Waals surface area contributed by atoms with E-state index in [2.05, 4.69) is 5.32 Å². The first-order valence-electron chi connectivity index (χ1n) is 7.59. The molecule has 0 bridgehead atoms. The molecule has 0 unspecified atom stereocenters. The lowest BCUT2D eigenvalue weighted by Crippen LogP contribution is -2.22. The van der Waals surface area contributed by atoms with E-state index in [1.54, 1.807) is 6.07 Å². The summed E-state index contributed by atoms with van der Waals surface area (Å²) in [5, 5.41) is 22.7. The number of benzene rings is 1. The van der Waals surface area contributed by atoms with E-state index < -0.39 is 16.8 Å². The first-order valence-corrected chi connectivity index (χ1v) is 7.59. The maximum Gasteiger partial charge on any atom is 0.339 e. The molecular formula is C17H18N2O6. The van der Waals surface area contributed by atoms with Crippen LogP contribution in [0.2, 0.25) is 0 Å². The van der Waals surface area contributed by atoms with Gasteiger partial charge >= 0.3 is 5.97 Å². The molecule has 0 aliphatic rings. The van der Waals surface area contributed by atoms with Gasteiger partial charge in [-0.1, -0.05) is 19.9 Å². The van der Waals surface area contributed by atoms with Crippen molar-refractivity contribution in [3.63, 3.8) is 0 Å². The van der Waals surface area contributed by atoms with E-state index in [4.69, 9.17) is 9.52 Å². The molecule has 1 heterocycles. The highest BCUT2D eigenvalue weighted by Crippen LogP contribution is 2.27. The van der Waals surface area contributed by atoms with Gasteiger partial charge in [0.15, 0.2) is 0 Å². The Kier molecular flexibility index (Phi) is 5.21.